The Bertz CT molecular complexity index is 642. The molecule has 6 nitrogen and oxygen atoms in total. The van der Waals surface area contributed by atoms with Crippen molar-refractivity contribution in [1.82, 2.24) is 15.4 Å². The molecule has 0 saturated carbocycles. The lowest BCUT2D eigenvalue weighted by Gasteiger charge is -2.28. The molecule has 7 heteroatoms. The van der Waals surface area contributed by atoms with Gasteiger partial charge in [0.05, 0.1) is 6.26 Å². The second kappa shape index (κ2) is 8.48. The maximum Gasteiger partial charge on any atom is 0.209 e. The summed E-state index contributed by atoms with van der Waals surface area (Å²) < 4.78 is 25.4. The van der Waals surface area contributed by atoms with E-state index in [0.29, 0.717) is 18.4 Å². The Morgan fingerprint density at radius 2 is 1.79 bits per heavy atom. The summed E-state index contributed by atoms with van der Waals surface area (Å²) in [6.45, 7) is 8.33. The number of aliphatic imine (C=N–C) groups is 1. The van der Waals surface area contributed by atoms with Crippen LogP contribution in [0.1, 0.15) is 39.2 Å². The van der Waals surface area contributed by atoms with E-state index in [1.807, 2.05) is 32.0 Å². The van der Waals surface area contributed by atoms with Crippen molar-refractivity contribution in [2.75, 3.05) is 19.8 Å². The van der Waals surface area contributed by atoms with E-state index in [2.05, 4.69) is 46.3 Å². The molecular formula is C17H30N4O2S. The van der Waals surface area contributed by atoms with Crippen LogP contribution >= 0.6 is 0 Å². The molecule has 0 aliphatic heterocycles. The molecule has 24 heavy (non-hydrogen) atoms. The van der Waals surface area contributed by atoms with Gasteiger partial charge in [0.15, 0.2) is 5.96 Å². The summed E-state index contributed by atoms with van der Waals surface area (Å²) in [5.41, 5.74) is 0.645. The first-order chi connectivity index (χ1) is 11.0. The smallest absolute Gasteiger partial charge is 0.209 e. The monoisotopic (exact) mass is 354 g/mol. The highest BCUT2D eigenvalue weighted by molar-refractivity contribution is 7.88. The minimum Gasteiger partial charge on any atom is -0.355 e. The van der Waals surface area contributed by atoms with Gasteiger partial charge in [0.1, 0.15) is 0 Å². The van der Waals surface area contributed by atoms with E-state index in [1.54, 1.807) is 7.05 Å². The number of guanidine groups is 1. The number of rotatable bonds is 7. The highest BCUT2D eigenvalue weighted by atomic mass is 32.2. The zero-order valence-corrected chi connectivity index (χ0v) is 16.2. The van der Waals surface area contributed by atoms with Gasteiger partial charge >= 0.3 is 0 Å². The number of hydrogen-bond donors (Lipinski definition) is 3. The predicted molar refractivity (Wildman–Crippen MR) is 101 cm³/mol. The molecule has 2 atom stereocenters. The molecule has 0 aliphatic carbocycles. The van der Waals surface area contributed by atoms with Crippen LogP contribution in [0.15, 0.2) is 35.3 Å². The van der Waals surface area contributed by atoms with E-state index in [4.69, 9.17) is 0 Å². The molecule has 0 amide bonds. The van der Waals surface area contributed by atoms with Crippen molar-refractivity contribution in [3.05, 3.63) is 35.9 Å². The first-order valence-electron chi connectivity index (χ1n) is 8.05. The maximum atomic E-state index is 11.4. The topological polar surface area (TPSA) is 82.6 Å². The third-order valence-corrected chi connectivity index (χ3v) is 4.75. The van der Waals surface area contributed by atoms with Gasteiger partial charge in [-0.15, -0.1) is 0 Å². The summed E-state index contributed by atoms with van der Waals surface area (Å²) in [7, 11) is -1.56. The lowest BCUT2D eigenvalue weighted by atomic mass is 9.94. The van der Waals surface area contributed by atoms with Crippen LogP contribution in [0.3, 0.4) is 0 Å². The summed E-state index contributed by atoms with van der Waals surface area (Å²) in [6.07, 6.45) is 1.16. The normalized spacial score (nSPS) is 15.7. The molecule has 0 fully saturated rings. The number of nitrogens with one attached hydrogen (secondary N) is 3. The molecule has 3 N–H and O–H groups in total. The first kappa shape index (κ1) is 20.4. The standard InChI is InChI=1S/C17H30N4O2S/c1-13(15-10-8-7-9-11-15)14(2)20-16(18-5)19-12-17(3,4)21-24(6,22)23/h7-11,13-14,21H,12H2,1-6H3,(H2,18,19,20). The van der Waals surface area contributed by atoms with E-state index in [0.717, 1.165) is 6.26 Å². The Balaban J connectivity index is 2.62. The van der Waals surface area contributed by atoms with Crippen molar-refractivity contribution in [2.45, 2.75) is 45.2 Å². The predicted octanol–water partition coefficient (Wildman–Crippen LogP) is 1.67. The molecule has 0 aromatic heterocycles. The first-order valence-corrected chi connectivity index (χ1v) is 9.94. The average Bonchev–Trinajstić information content (AvgIpc) is 2.49. The van der Waals surface area contributed by atoms with E-state index < -0.39 is 15.6 Å². The lowest BCUT2D eigenvalue weighted by Crippen LogP contribution is -2.54. The quantitative estimate of drug-likeness (QED) is 0.514. The van der Waals surface area contributed by atoms with Crippen LogP contribution in [-0.2, 0) is 10.0 Å². The van der Waals surface area contributed by atoms with E-state index >= 15 is 0 Å². The van der Waals surface area contributed by atoms with Crippen molar-refractivity contribution in [2.24, 2.45) is 4.99 Å². The number of benzene rings is 1. The van der Waals surface area contributed by atoms with Crippen LogP contribution in [0.4, 0.5) is 0 Å². The van der Waals surface area contributed by atoms with Crippen molar-refractivity contribution < 1.29 is 8.42 Å². The molecule has 0 spiro atoms. The highest BCUT2D eigenvalue weighted by Gasteiger charge is 2.23. The van der Waals surface area contributed by atoms with Gasteiger partial charge in [-0.25, -0.2) is 13.1 Å². The van der Waals surface area contributed by atoms with Gasteiger partial charge in [0, 0.05) is 31.1 Å². The molecule has 0 radical (unpaired) electrons. The summed E-state index contributed by atoms with van der Waals surface area (Å²) in [4.78, 5) is 4.22. The van der Waals surface area contributed by atoms with E-state index in [-0.39, 0.29) is 6.04 Å². The van der Waals surface area contributed by atoms with Crippen LogP contribution in [0.5, 0.6) is 0 Å². The fourth-order valence-corrected chi connectivity index (χ4v) is 3.50. The van der Waals surface area contributed by atoms with Gasteiger partial charge in [-0.05, 0) is 26.3 Å². The Morgan fingerprint density at radius 3 is 2.29 bits per heavy atom. The highest BCUT2D eigenvalue weighted by Crippen LogP contribution is 2.18. The Kier molecular flexibility index (Phi) is 7.23. The number of sulfonamides is 1. The molecule has 1 aromatic rings. The van der Waals surface area contributed by atoms with Gasteiger partial charge in [0.2, 0.25) is 10.0 Å². The van der Waals surface area contributed by atoms with Crippen LogP contribution in [0.25, 0.3) is 0 Å². The molecule has 2 unspecified atom stereocenters. The summed E-state index contributed by atoms with van der Waals surface area (Å²) in [5, 5.41) is 6.54. The molecule has 136 valence electrons. The van der Waals surface area contributed by atoms with Gasteiger partial charge in [0.25, 0.3) is 0 Å². The number of hydrogen-bond acceptors (Lipinski definition) is 3. The second-order valence-electron chi connectivity index (χ2n) is 6.82. The lowest BCUT2D eigenvalue weighted by molar-refractivity contribution is 0.443. The summed E-state index contributed by atoms with van der Waals surface area (Å²) >= 11 is 0. The fraction of sp³-hybridized carbons (Fsp3) is 0.588. The minimum absolute atomic E-state index is 0.171. The summed E-state index contributed by atoms with van der Waals surface area (Å²) in [6, 6.07) is 10.5. The van der Waals surface area contributed by atoms with Crippen molar-refractivity contribution in [3.8, 4) is 0 Å². The largest absolute Gasteiger partial charge is 0.355 e. The Hall–Kier alpha value is -1.60. The SMILES string of the molecule is CN=C(NCC(C)(C)NS(C)(=O)=O)NC(C)C(C)c1ccccc1. The second-order valence-corrected chi connectivity index (χ2v) is 8.56. The molecule has 0 saturated heterocycles. The van der Waals surface area contributed by atoms with Gasteiger partial charge < -0.3 is 10.6 Å². The van der Waals surface area contributed by atoms with Gasteiger partial charge in [-0.3, -0.25) is 4.99 Å². The summed E-state index contributed by atoms with van der Waals surface area (Å²) in [5.74, 6) is 0.959. The molecule has 0 bridgehead atoms. The molecule has 1 aromatic carbocycles. The zero-order valence-electron chi connectivity index (χ0n) is 15.4. The van der Waals surface area contributed by atoms with Gasteiger partial charge in [-0.1, -0.05) is 37.3 Å². The Labute approximate surface area is 146 Å². The van der Waals surface area contributed by atoms with Crippen molar-refractivity contribution in [1.29, 1.82) is 0 Å². The van der Waals surface area contributed by atoms with Crippen LogP contribution < -0.4 is 15.4 Å². The number of nitrogens with zero attached hydrogens (tertiary/aromatic N) is 1. The van der Waals surface area contributed by atoms with Crippen LogP contribution in [-0.4, -0.2) is 45.8 Å². The van der Waals surface area contributed by atoms with Gasteiger partial charge in [-0.2, -0.15) is 0 Å². The van der Waals surface area contributed by atoms with E-state index in [1.165, 1.54) is 5.56 Å². The third-order valence-electron chi connectivity index (χ3n) is 3.82. The van der Waals surface area contributed by atoms with Crippen LogP contribution in [0.2, 0.25) is 0 Å². The Morgan fingerprint density at radius 1 is 1.21 bits per heavy atom. The average molecular weight is 355 g/mol. The zero-order chi connectivity index (χ0) is 18.4. The fourth-order valence-electron chi connectivity index (χ4n) is 2.42. The van der Waals surface area contributed by atoms with Crippen molar-refractivity contribution >= 4 is 16.0 Å². The van der Waals surface area contributed by atoms with Crippen LogP contribution in [0, 0.1) is 0 Å². The molecule has 0 aliphatic rings. The maximum absolute atomic E-state index is 11.4. The molecule has 0 heterocycles. The van der Waals surface area contributed by atoms with E-state index in [9.17, 15) is 8.42 Å². The molecule has 1 rings (SSSR count). The van der Waals surface area contributed by atoms with Crippen molar-refractivity contribution in [3.63, 3.8) is 0 Å². The third kappa shape index (κ3) is 7.31. The minimum atomic E-state index is -3.26. The molecular weight excluding hydrogens is 324 g/mol.